The third kappa shape index (κ3) is 9.71. The van der Waals surface area contributed by atoms with Crippen molar-refractivity contribution in [2.75, 3.05) is 53.6 Å². The number of piperidine rings is 2. The molecule has 24 heteroatoms. The van der Waals surface area contributed by atoms with Gasteiger partial charge in [0.1, 0.15) is 36.6 Å². The lowest BCUT2D eigenvalue weighted by Gasteiger charge is -2.48. The van der Waals surface area contributed by atoms with E-state index in [1.807, 2.05) is 11.0 Å². The zero-order valence-corrected chi connectivity index (χ0v) is 26.9. The van der Waals surface area contributed by atoms with Crippen molar-refractivity contribution in [3.05, 3.63) is 12.2 Å². The van der Waals surface area contributed by atoms with Crippen LogP contribution < -0.4 is 11.0 Å². The fourth-order valence-electron chi connectivity index (χ4n) is 5.27. The van der Waals surface area contributed by atoms with Gasteiger partial charge in [0.15, 0.2) is 0 Å². The summed E-state index contributed by atoms with van der Waals surface area (Å²) in [4.78, 5) is 62.4. The molecule has 0 aromatic carbocycles. The van der Waals surface area contributed by atoms with Crippen LogP contribution in [0.4, 0.5) is 0 Å². The minimum Gasteiger partial charge on any atom is -0.394 e. The molecule has 0 spiro atoms. The second-order valence-electron chi connectivity index (χ2n) is 11.3. The van der Waals surface area contributed by atoms with Crippen LogP contribution in [0.3, 0.4) is 0 Å². The summed E-state index contributed by atoms with van der Waals surface area (Å²) in [6.45, 7) is -4.61. The Balaban J connectivity index is 1.84. The van der Waals surface area contributed by atoms with E-state index in [9.17, 15) is 70.2 Å². The number of likely N-dealkylation sites (N-methyl/N-ethyl adjacent to an activating group) is 2. The number of guanidine groups is 2. The highest BCUT2D eigenvalue weighted by atomic mass is 16.7. The first-order valence-corrected chi connectivity index (χ1v) is 14.8. The van der Waals surface area contributed by atoms with E-state index in [2.05, 4.69) is 9.68 Å². The van der Waals surface area contributed by atoms with Gasteiger partial charge in [0, 0.05) is 26.2 Å². The van der Waals surface area contributed by atoms with Crippen LogP contribution in [0.1, 0.15) is 0 Å². The second kappa shape index (κ2) is 18.7. The molecule has 0 unspecified atom stereocenters. The Kier molecular flexibility index (Phi) is 15.7. The second-order valence-corrected chi connectivity index (χ2v) is 11.3. The maximum atomic E-state index is 12.9. The van der Waals surface area contributed by atoms with Gasteiger partial charge in [-0.25, -0.2) is 9.59 Å². The number of hydroxylamine groups is 2. The molecule has 8 atom stereocenters. The lowest BCUT2D eigenvalue weighted by atomic mass is 9.88. The van der Waals surface area contributed by atoms with E-state index in [0.717, 1.165) is 19.6 Å². The van der Waals surface area contributed by atoms with E-state index in [0.29, 0.717) is 12.2 Å². The summed E-state index contributed by atoms with van der Waals surface area (Å²) < 4.78 is 0. The number of aliphatic hydroxyl groups is 10. The molecule has 2 amide bonds. The number of aliphatic hydroxyl groups excluding tert-OH is 10. The first-order chi connectivity index (χ1) is 23.5. The summed E-state index contributed by atoms with van der Waals surface area (Å²) in [5.74, 6) is -5.61. The lowest BCUT2D eigenvalue weighted by molar-refractivity contribution is -0.188. The molecule has 2 saturated heterocycles. The summed E-state index contributed by atoms with van der Waals surface area (Å²) in [6, 6.07) is -5.57. The van der Waals surface area contributed by atoms with Gasteiger partial charge >= 0.3 is 11.9 Å². The Bertz CT molecular complexity index is 1130. The normalized spacial score (nSPS) is 29.6. The molecule has 0 aromatic rings. The molecule has 0 aliphatic carbocycles. The summed E-state index contributed by atoms with van der Waals surface area (Å²) >= 11 is 0. The maximum absolute atomic E-state index is 12.9. The largest absolute Gasteiger partial charge is 0.394 e. The van der Waals surface area contributed by atoms with Gasteiger partial charge in [-0.05, 0) is 0 Å². The van der Waals surface area contributed by atoms with Crippen LogP contribution in [-0.2, 0) is 28.9 Å². The van der Waals surface area contributed by atoms with E-state index in [-0.39, 0.29) is 0 Å². The van der Waals surface area contributed by atoms with Gasteiger partial charge in [-0.1, -0.05) is 0 Å². The van der Waals surface area contributed by atoms with Crippen molar-refractivity contribution in [2.24, 2.45) is 0 Å². The van der Waals surface area contributed by atoms with Crippen LogP contribution >= 0.6 is 0 Å². The van der Waals surface area contributed by atoms with Gasteiger partial charge in [0.2, 0.25) is 23.7 Å². The number of amides is 2. The maximum Gasteiger partial charge on any atom is 0.356 e. The van der Waals surface area contributed by atoms with Crippen molar-refractivity contribution < 1.29 is 79.9 Å². The highest BCUT2D eigenvalue weighted by Crippen LogP contribution is 2.26. The lowest BCUT2D eigenvalue weighted by Crippen LogP contribution is -2.70. The molecule has 0 radical (unpaired) electrons. The van der Waals surface area contributed by atoms with Crippen LogP contribution in [0.2, 0.25) is 0 Å². The number of likely N-dealkylation sites (tertiary alicyclic amines) is 2. The number of nitrogens with one attached hydrogen (secondary N) is 4. The summed E-state index contributed by atoms with van der Waals surface area (Å²) in [7, 11) is 2.40. The molecular weight excluding hydrogens is 680 g/mol. The molecular formula is C26H44N8O16. The highest BCUT2D eigenvalue weighted by molar-refractivity contribution is 5.93. The Labute approximate surface area is 283 Å². The number of carbonyl (C=O) groups is 4. The predicted octanol–water partition coefficient (Wildman–Crippen LogP) is -9.34. The molecule has 0 saturated carbocycles. The van der Waals surface area contributed by atoms with Crippen LogP contribution in [0.25, 0.3) is 0 Å². The number of carbonyl (C=O) groups excluding carboxylic acids is 4. The summed E-state index contributed by atoms with van der Waals surface area (Å²) in [6.07, 6.45) is -9.39. The Morgan fingerprint density at radius 3 is 1.08 bits per heavy atom. The van der Waals surface area contributed by atoms with Gasteiger partial charge in [-0.2, -0.15) is 11.0 Å². The van der Waals surface area contributed by atoms with Crippen LogP contribution in [0.5, 0.6) is 0 Å². The van der Waals surface area contributed by atoms with Gasteiger partial charge in [0.05, 0.1) is 63.7 Å². The molecule has 284 valence electrons. The van der Waals surface area contributed by atoms with Crippen LogP contribution in [0.15, 0.2) is 12.2 Å². The number of hydrogen-bond acceptors (Lipinski definition) is 18. The number of hydrogen-bond donors (Lipinski definition) is 14. The van der Waals surface area contributed by atoms with E-state index >= 15 is 0 Å². The molecule has 2 aliphatic heterocycles. The Morgan fingerprint density at radius 1 is 0.580 bits per heavy atom. The zero-order valence-electron chi connectivity index (χ0n) is 26.9. The van der Waals surface area contributed by atoms with Crippen molar-refractivity contribution in [3.8, 4) is 0 Å². The summed E-state index contributed by atoms with van der Waals surface area (Å²) in [5.41, 5.74) is 3.80. The SMILES string of the molecule is CN(CC(=O)N1[C@H](CO)[C@@H](O)C(O)[C@H](O)[C@H]1CO)C(=N)NOC(=O)/C=C\C(=O)ONC(=N)N(C)CC(=O)N1[C@H](CO)[C@@H](O)C(O)[C@H](O)[C@H]1CO. The van der Waals surface area contributed by atoms with Gasteiger partial charge in [-0.15, -0.1) is 0 Å². The van der Waals surface area contributed by atoms with Crippen LogP contribution in [-0.4, -0.2) is 221 Å². The number of nitrogens with zero attached hydrogens (tertiary/aromatic N) is 4. The highest BCUT2D eigenvalue weighted by Gasteiger charge is 2.50. The third-order valence-corrected chi connectivity index (χ3v) is 8.09. The van der Waals surface area contributed by atoms with Crippen molar-refractivity contribution in [1.82, 2.24) is 30.6 Å². The molecule has 2 fully saturated rings. The minimum atomic E-state index is -1.76. The van der Waals surface area contributed by atoms with Crippen LogP contribution in [0, 0.1) is 10.8 Å². The monoisotopic (exact) mass is 724 g/mol. The van der Waals surface area contributed by atoms with Crippen molar-refractivity contribution in [2.45, 2.75) is 60.8 Å². The van der Waals surface area contributed by atoms with Gasteiger partial charge in [-0.3, -0.25) is 20.4 Å². The average molecular weight is 725 g/mol. The third-order valence-electron chi connectivity index (χ3n) is 8.09. The Morgan fingerprint density at radius 2 is 0.840 bits per heavy atom. The van der Waals surface area contributed by atoms with Crippen molar-refractivity contribution in [3.63, 3.8) is 0 Å². The zero-order chi connectivity index (χ0) is 38.0. The molecule has 2 rings (SSSR count). The number of rotatable bonds is 10. The van der Waals surface area contributed by atoms with Gasteiger partial charge in [0.25, 0.3) is 0 Å². The first kappa shape index (κ1) is 41.9. The van der Waals surface area contributed by atoms with Crippen molar-refractivity contribution in [1.29, 1.82) is 10.8 Å². The predicted molar refractivity (Wildman–Crippen MR) is 162 cm³/mol. The van der Waals surface area contributed by atoms with E-state index in [1.165, 1.54) is 14.1 Å². The first-order valence-electron chi connectivity index (χ1n) is 14.8. The quantitative estimate of drug-likeness (QED) is 0.0430. The molecule has 2 aliphatic rings. The minimum absolute atomic E-state index is 0.553. The molecule has 2 heterocycles. The van der Waals surface area contributed by atoms with Gasteiger partial charge < -0.3 is 80.3 Å². The smallest absolute Gasteiger partial charge is 0.356 e. The molecule has 14 N–H and O–H groups in total. The molecule has 0 aromatic heterocycles. The molecule has 0 bridgehead atoms. The standard InChI is InChI=1S/C26H44N8O16/c1-31(5-15(39)33-11(7-35)19(43)23(47)20(44)12(33)8-36)25(27)29-49-17(41)3-4-18(42)50-30-26(28)32(2)6-16(40)34-13(9-37)21(45)24(48)22(46)14(34)10-38/h3-4,11-14,19-24,35-38,43-48H,5-10H2,1-2H3,(H2,27,29)(H2,28,30)/b4-3-/t11-,12-,13-,14-,19-,20-,21-,22-/m1/s1. The molecule has 50 heavy (non-hydrogen) atoms. The molecule has 24 nitrogen and oxygen atoms in total. The van der Waals surface area contributed by atoms with Crippen molar-refractivity contribution >= 4 is 35.7 Å². The fraction of sp³-hybridized carbons (Fsp3) is 0.692. The summed E-state index contributed by atoms with van der Waals surface area (Å²) in [5, 5.41) is 115. The topological polar surface area (TPSA) is 374 Å². The Hall–Kier alpha value is -4.24. The van der Waals surface area contributed by atoms with E-state index in [1.54, 1.807) is 0 Å². The fourth-order valence-corrected chi connectivity index (χ4v) is 5.27. The average Bonchev–Trinajstić information content (AvgIpc) is 3.09. The van der Waals surface area contributed by atoms with E-state index < -0.39 is 136 Å². The van der Waals surface area contributed by atoms with E-state index in [4.69, 9.17) is 10.8 Å².